The normalized spacial score (nSPS) is 17.1. The standard InChI is InChI=1S/C59H64O9.C51H48O9/c1-39-36-57(8,9)38-59(37-39,44-20-32-50(33-21-44)67-53(61)64-47-26-14-41(15-27-47)56(5,6)7)45-22-34-51(35-23-45)68-54(62)66-49-30-18-43(19-31-49)58(10,11)42-16-28-48(29-17-42)65-52(60)63-46-24-12-40(13-25-46)55(2,3)4;1-35-32-49(2,3)34-51(33-35,38-20-28-44(29-21-38)59-47(53)56-41-14-10-7-11-15-41)39-22-30-45(31-23-39)60-48(54)58-43-26-18-37(19-27-43)50(4,5)36-16-24-42(25-17-36)57-46(52)55-40-12-8-6-9-13-40/h12-35,39H,36-38H2,1-11H3;6-31,35H,32-34H2,1-5H3. The molecular weight excluding hydrogens is 1610 g/mol. The zero-order valence-electron chi connectivity index (χ0n) is 75.6. The Morgan fingerprint density at radius 2 is 0.375 bits per heavy atom. The summed E-state index contributed by atoms with van der Waals surface area (Å²) < 4.78 is 65.7. The van der Waals surface area contributed by atoms with Crippen molar-refractivity contribution in [1.82, 2.24) is 0 Å². The monoisotopic (exact) mass is 1720 g/mol. The Hall–Kier alpha value is -13.7. The van der Waals surface area contributed by atoms with E-state index >= 15 is 0 Å². The number of carbonyl (C=O) groups is 6. The molecule has 12 aromatic carbocycles. The Bertz CT molecular complexity index is 5800. The van der Waals surface area contributed by atoms with Crippen LogP contribution in [0.15, 0.2) is 303 Å². The number of hydrogen-bond donors (Lipinski definition) is 0. The van der Waals surface area contributed by atoms with Crippen LogP contribution >= 0.6 is 0 Å². The van der Waals surface area contributed by atoms with Gasteiger partial charge >= 0.3 is 36.9 Å². The molecular formula is C110H112O18. The first-order valence-electron chi connectivity index (χ1n) is 43.3. The Balaban J connectivity index is 0.000000220. The van der Waals surface area contributed by atoms with E-state index in [1.54, 1.807) is 146 Å². The Morgan fingerprint density at radius 1 is 0.219 bits per heavy atom. The van der Waals surface area contributed by atoms with Crippen molar-refractivity contribution in [2.75, 3.05) is 0 Å². The molecule has 0 aromatic heterocycles. The quantitative estimate of drug-likeness (QED) is 0.0512. The third-order valence-corrected chi connectivity index (χ3v) is 24.0. The van der Waals surface area contributed by atoms with Crippen molar-refractivity contribution in [2.24, 2.45) is 22.7 Å². The average molecular weight is 1720 g/mol. The van der Waals surface area contributed by atoms with E-state index < -0.39 is 47.8 Å². The molecule has 0 amide bonds. The van der Waals surface area contributed by atoms with Crippen molar-refractivity contribution < 1.29 is 85.6 Å². The average Bonchev–Trinajstić information content (AvgIpc) is 0.751. The summed E-state index contributed by atoms with van der Waals surface area (Å²) in [6, 6.07) is 92.1. The minimum atomic E-state index is -0.848. The largest absolute Gasteiger partial charge is 0.519 e. The van der Waals surface area contributed by atoms with E-state index in [-0.39, 0.29) is 32.5 Å². The predicted octanol–water partition coefficient (Wildman–Crippen LogP) is 28.4. The van der Waals surface area contributed by atoms with E-state index in [1.165, 1.54) is 0 Å². The van der Waals surface area contributed by atoms with Crippen molar-refractivity contribution >= 4 is 36.9 Å². The molecule has 0 aliphatic heterocycles. The lowest BCUT2D eigenvalue weighted by molar-refractivity contribution is 0.126. The molecule has 4 unspecified atom stereocenters. The lowest BCUT2D eigenvalue weighted by atomic mass is 9.55. The minimum Gasteiger partial charge on any atom is -0.395 e. The number of benzene rings is 12. The van der Waals surface area contributed by atoms with Gasteiger partial charge in [-0.1, -0.05) is 269 Å². The summed E-state index contributed by atoms with van der Waals surface area (Å²) in [4.78, 5) is 76.0. The highest BCUT2D eigenvalue weighted by atomic mass is 16.8. The number of para-hydroxylation sites is 2. The molecule has 2 fully saturated rings. The second kappa shape index (κ2) is 38.6. The summed E-state index contributed by atoms with van der Waals surface area (Å²) in [7, 11) is 0. The molecule has 660 valence electrons. The van der Waals surface area contributed by atoms with Crippen LogP contribution < -0.4 is 56.8 Å². The van der Waals surface area contributed by atoms with Gasteiger partial charge in [0.2, 0.25) is 0 Å². The van der Waals surface area contributed by atoms with Crippen LogP contribution in [0.5, 0.6) is 69.0 Å². The highest BCUT2D eigenvalue weighted by Crippen LogP contribution is 2.56. The second-order valence-electron chi connectivity index (χ2n) is 38.2. The third kappa shape index (κ3) is 23.7. The molecule has 2 aliphatic carbocycles. The Kier molecular flexibility index (Phi) is 27.7. The lowest BCUT2D eigenvalue weighted by Gasteiger charge is -2.48. The molecule has 14 rings (SSSR count). The van der Waals surface area contributed by atoms with Gasteiger partial charge in [0.25, 0.3) is 0 Å². The summed E-state index contributed by atoms with van der Waals surface area (Å²) in [5.74, 6) is 5.44. The molecule has 2 aliphatic rings. The number of ether oxygens (including phenoxy) is 12. The number of carbonyl (C=O) groups excluding carboxylic acids is 6. The van der Waals surface area contributed by atoms with Gasteiger partial charge < -0.3 is 56.8 Å². The van der Waals surface area contributed by atoms with E-state index in [0.29, 0.717) is 80.8 Å². The maximum Gasteiger partial charge on any atom is 0.519 e. The highest BCUT2D eigenvalue weighted by Gasteiger charge is 2.47. The van der Waals surface area contributed by atoms with E-state index in [1.807, 2.05) is 158 Å². The first-order valence-corrected chi connectivity index (χ1v) is 43.3. The summed E-state index contributed by atoms with van der Waals surface area (Å²) in [5.41, 5.74) is 9.23. The fourth-order valence-electron chi connectivity index (χ4n) is 18.1. The van der Waals surface area contributed by atoms with E-state index in [2.05, 4.69) is 111 Å². The fourth-order valence-corrected chi connectivity index (χ4v) is 18.1. The van der Waals surface area contributed by atoms with Gasteiger partial charge in [0.15, 0.2) is 0 Å². The SMILES string of the molecule is CC1CC(C)(C)CC(c2ccc(OC(=O)Oc3ccc(C(C)(C)C)cc3)cc2)(c2ccc(OC(=O)Oc3ccc(C(C)(C)c4ccc(OC(=O)Oc5ccc(C(C)(C)C)cc5)cc4)cc3)cc2)C1.CC1CC(C)(C)CC(c2ccc(OC(=O)Oc3ccccc3)cc2)(c2ccc(OC(=O)Oc3ccc(C(C)(C)c4ccc(OC(=O)Oc5ccccc5)cc4)cc3)cc2)C1. The summed E-state index contributed by atoms with van der Waals surface area (Å²) in [6.45, 7) is 34.9. The van der Waals surface area contributed by atoms with Crippen LogP contribution in [0.25, 0.3) is 0 Å². The van der Waals surface area contributed by atoms with E-state index in [0.717, 1.165) is 94.2 Å². The summed E-state index contributed by atoms with van der Waals surface area (Å²) in [6.07, 6.45) is 0.914. The van der Waals surface area contributed by atoms with Crippen molar-refractivity contribution in [2.45, 2.75) is 182 Å². The highest BCUT2D eigenvalue weighted by molar-refractivity contribution is 5.71. The predicted molar refractivity (Wildman–Crippen MR) is 494 cm³/mol. The summed E-state index contributed by atoms with van der Waals surface area (Å²) >= 11 is 0. The topological polar surface area (TPSA) is 213 Å². The molecule has 128 heavy (non-hydrogen) atoms. The molecule has 18 heteroatoms. The van der Waals surface area contributed by atoms with E-state index in [9.17, 15) is 28.8 Å². The molecule has 2 saturated carbocycles. The van der Waals surface area contributed by atoms with Crippen LogP contribution in [-0.2, 0) is 32.5 Å². The molecule has 12 aromatic rings. The van der Waals surface area contributed by atoms with Crippen LogP contribution in [0, 0.1) is 22.7 Å². The van der Waals surface area contributed by atoms with Crippen LogP contribution in [0.1, 0.15) is 205 Å². The lowest BCUT2D eigenvalue weighted by Crippen LogP contribution is -2.41. The molecule has 0 radical (unpaired) electrons. The molecule has 4 atom stereocenters. The van der Waals surface area contributed by atoms with Crippen molar-refractivity contribution in [3.05, 3.63) is 359 Å². The smallest absolute Gasteiger partial charge is 0.395 e. The molecule has 0 saturated heterocycles. The zero-order chi connectivity index (χ0) is 91.4. The molecule has 18 nitrogen and oxygen atoms in total. The summed E-state index contributed by atoms with van der Waals surface area (Å²) in [5, 5.41) is 0. The number of rotatable bonds is 20. The maximum absolute atomic E-state index is 13.1. The van der Waals surface area contributed by atoms with Gasteiger partial charge in [-0.3, -0.25) is 0 Å². The van der Waals surface area contributed by atoms with Crippen molar-refractivity contribution in [1.29, 1.82) is 0 Å². The third-order valence-electron chi connectivity index (χ3n) is 24.0. The van der Waals surface area contributed by atoms with Gasteiger partial charge in [-0.2, -0.15) is 0 Å². The molecule has 0 heterocycles. The first-order chi connectivity index (χ1) is 60.7. The van der Waals surface area contributed by atoms with E-state index in [4.69, 9.17) is 56.8 Å². The fraction of sp³-hybridized carbons (Fsp3) is 0.291. The van der Waals surface area contributed by atoms with Crippen molar-refractivity contribution in [3.8, 4) is 69.0 Å². The van der Waals surface area contributed by atoms with Crippen molar-refractivity contribution in [3.63, 3.8) is 0 Å². The van der Waals surface area contributed by atoms with Crippen LogP contribution in [0.3, 0.4) is 0 Å². The molecule has 0 bridgehead atoms. The number of hydrogen-bond acceptors (Lipinski definition) is 18. The second-order valence-corrected chi connectivity index (χ2v) is 38.2. The van der Waals surface area contributed by atoms with Crippen LogP contribution in [0.2, 0.25) is 0 Å². The van der Waals surface area contributed by atoms with Crippen LogP contribution in [-0.4, -0.2) is 36.9 Å². The zero-order valence-corrected chi connectivity index (χ0v) is 75.6. The van der Waals surface area contributed by atoms with Crippen LogP contribution in [0.4, 0.5) is 28.8 Å². The van der Waals surface area contributed by atoms with Gasteiger partial charge in [-0.15, -0.1) is 0 Å². The van der Waals surface area contributed by atoms with Gasteiger partial charge in [-0.25, -0.2) is 28.8 Å². The molecule has 0 spiro atoms. The van der Waals surface area contributed by atoms with Gasteiger partial charge in [-0.05, 0) is 273 Å². The van der Waals surface area contributed by atoms with Gasteiger partial charge in [0.05, 0.1) is 0 Å². The Morgan fingerprint density at radius 3 is 0.539 bits per heavy atom. The minimum absolute atomic E-state index is 0.00929. The first kappa shape index (κ1) is 91.9. The van der Waals surface area contributed by atoms with Gasteiger partial charge in [0.1, 0.15) is 69.0 Å². The maximum atomic E-state index is 13.1. The molecule has 0 N–H and O–H groups in total. The Labute approximate surface area is 750 Å². The van der Waals surface area contributed by atoms with Gasteiger partial charge in [0, 0.05) is 21.7 Å².